The van der Waals surface area contributed by atoms with Crippen LogP contribution in [0.2, 0.25) is 0 Å². The van der Waals surface area contributed by atoms with Gasteiger partial charge >= 0.3 is 0 Å². The van der Waals surface area contributed by atoms with Crippen molar-refractivity contribution in [2.45, 2.75) is 39.0 Å². The van der Waals surface area contributed by atoms with Gasteiger partial charge in [0, 0.05) is 35.5 Å². The molecule has 0 saturated heterocycles. The third-order valence-electron chi connectivity index (χ3n) is 1.96. The smallest absolute Gasteiger partial charge is 0.220 e. The Morgan fingerprint density at radius 3 is 2.62 bits per heavy atom. The molecule has 0 radical (unpaired) electrons. The molecule has 0 spiro atoms. The van der Waals surface area contributed by atoms with Crippen molar-refractivity contribution in [3.05, 3.63) is 0 Å². The molecule has 0 aliphatic carbocycles. The standard InChI is InChI=1S/C11H22N2O3.2H2/c1-2-8-16-9-4-7-13-11(15)6-3-5-10(12)14;;/h2-9H2,1H3,(H2,12,14)(H,13,15);2*1H. The van der Waals surface area contributed by atoms with E-state index in [9.17, 15) is 9.59 Å². The molecule has 16 heavy (non-hydrogen) atoms. The molecule has 3 N–H and O–H groups in total. The lowest BCUT2D eigenvalue weighted by Gasteiger charge is -2.05. The zero-order valence-electron chi connectivity index (χ0n) is 9.96. The Morgan fingerprint density at radius 1 is 1.25 bits per heavy atom. The Hall–Kier alpha value is -1.10. The number of nitrogens with one attached hydrogen (secondary N) is 1. The van der Waals surface area contributed by atoms with Gasteiger partial charge in [-0.2, -0.15) is 0 Å². The van der Waals surface area contributed by atoms with Gasteiger partial charge in [-0.05, 0) is 19.3 Å². The lowest BCUT2D eigenvalue weighted by atomic mass is 10.2. The summed E-state index contributed by atoms with van der Waals surface area (Å²) in [6.07, 6.45) is 2.99. The molecular weight excluding hydrogens is 208 g/mol. The Balaban J connectivity index is -0.00000112. The maximum atomic E-state index is 11.2. The summed E-state index contributed by atoms with van der Waals surface area (Å²) in [7, 11) is 0. The van der Waals surface area contributed by atoms with Crippen LogP contribution in [0.5, 0.6) is 0 Å². The fourth-order valence-corrected chi connectivity index (χ4v) is 1.16. The minimum absolute atomic E-state index is 0. The number of hydrogen-bond acceptors (Lipinski definition) is 3. The van der Waals surface area contributed by atoms with Gasteiger partial charge < -0.3 is 15.8 Å². The highest BCUT2D eigenvalue weighted by molar-refractivity contribution is 5.77. The molecule has 5 nitrogen and oxygen atoms in total. The van der Waals surface area contributed by atoms with E-state index >= 15 is 0 Å². The minimum Gasteiger partial charge on any atom is -0.381 e. The number of carbonyl (C=O) groups is 2. The topological polar surface area (TPSA) is 81.4 Å². The normalized spacial score (nSPS) is 10.1. The fourth-order valence-electron chi connectivity index (χ4n) is 1.16. The first-order valence-corrected chi connectivity index (χ1v) is 5.79. The molecule has 5 heteroatoms. The highest BCUT2D eigenvalue weighted by Crippen LogP contribution is 1.94. The first-order valence-electron chi connectivity index (χ1n) is 5.79. The zero-order valence-corrected chi connectivity index (χ0v) is 9.96. The van der Waals surface area contributed by atoms with Crippen LogP contribution in [0.3, 0.4) is 0 Å². The van der Waals surface area contributed by atoms with Crippen molar-refractivity contribution >= 4 is 11.8 Å². The van der Waals surface area contributed by atoms with E-state index in [-0.39, 0.29) is 21.1 Å². The van der Waals surface area contributed by atoms with E-state index in [0.29, 0.717) is 26.0 Å². The lowest BCUT2D eigenvalue weighted by Crippen LogP contribution is -2.25. The molecule has 0 aromatic rings. The number of hydrogen-bond donors (Lipinski definition) is 2. The van der Waals surface area contributed by atoms with E-state index in [1.807, 2.05) is 0 Å². The van der Waals surface area contributed by atoms with Crippen molar-refractivity contribution in [2.75, 3.05) is 19.8 Å². The number of amides is 2. The van der Waals surface area contributed by atoms with Gasteiger partial charge in [0.15, 0.2) is 0 Å². The van der Waals surface area contributed by atoms with Gasteiger partial charge in [0.1, 0.15) is 0 Å². The SMILES string of the molecule is CCCOCCCNC(=O)CCCC(N)=O.[HH].[HH]. The van der Waals surface area contributed by atoms with Crippen LogP contribution in [0.4, 0.5) is 0 Å². The third-order valence-corrected chi connectivity index (χ3v) is 1.96. The predicted octanol–water partition coefficient (Wildman–Crippen LogP) is 1.07. The number of nitrogens with two attached hydrogens (primary N) is 1. The summed E-state index contributed by atoms with van der Waals surface area (Å²) >= 11 is 0. The molecule has 0 unspecified atom stereocenters. The maximum Gasteiger partial charge on any atom is 0.220 e. The lowest BCUT2D eigenvalue weighted by molar-refractivity contribution is -0.121. The largest absolute Gasteiger partial charge is 0.381 e. The van der Waals surface area contributed by atoms with Gasteiger partial charge in [0.2, 0.25) is 11.8 Å². The fraction of sp³-hybridized carbons (Fsp3) is 0.818. The second-order valence-corrected chi connectivity index (χ2v) is 3.64. The summed E-state index contributed by atoms with van der Waals surface area (Å²) in [4.78, 5) is 21.6. The van der Waals surface area contributed by atoms with Gasteiger partial charge in [-0.25, -0.2) is 0 Å². The van der Waals surface area contributed by atoms with Crippen molar-refractivity contribution in [3.63, 3.8) is 0 Å². The third kappa shape index (κ3) is 11.0. The second kappa shape index (κ2) is 10.4. The summed E-state index contributed by atoms with van der Waals surface area (Å²) in [5, 5.41) is 2.76. The quantitative estimate of drug-likeness (QED) is 0.555. The van der Waals surface area contributed by atoms with E-state index in [4.69, 9.17) is 10.5 Å². The molecule has 0 atom stereocenters. The molecule has 0 bridgehead atoms. The van der Waals surface area contributed by atoms with Crippen molar-refractivity contribution in [1.82, 2.24) is 5.32 Å². The molecule has 0 aliphatic heterocycles. The monoisotopic (exact) mass is 234 g/mol. The van der Waals surface area contributed by atoms with E-state index < -0.39 is 0 Å². The first-order chi connectivity index (χ1) is 7.66. The van der Waals surface area contributed by atoms with Crippen molar-refractivity contribution in [1.29, 1.82) is 0 Å². The van der Waals surface area contributed by atoms with Crippen LogP contribution in [0.25, 0.3) is 0 Å². The summed E-state index contributed by atoms with van der Waals surface area (Å²) in [5.74, 6) is -0.391. The van der Waals surface area contributed by atoms with Crippen LogP contribution in [-0.2, 0) is 14.3 Å². The Kier molecular flexibility index (Phi) is 9.70. The van der Waals surface area contributed by atoms with Crippen molar-refractivity contribution in [3.8, 4) is 0 Å². The van der Waals surface area contributed by atoms with Crippen LogP contribution in [0, 0.1) is 0 Å². The average molecular weight is 234 g/mol. The van der Waals surface area contributed by atoms with E-state index in [0.717, 1.165) is 19.4 Å². The molecule has 0 aromatic heterocycles. The highest BCUT2D eigenvalue weighted by Gasteiger charge is 2.01. The van der Waals surface area contributed by atoms with Gasteiger partial charge in [0.25, 0.3) is 0 Å². The first kappa shape index (κ1) is 14.9. The van der Waals surface area contributed by atoms with E-state index in [2.05, 4.69) is 12.2 Å². The number of primary amides is 1. The number of ether oxygens (including phenoxy) is 1. The van der Waals surface area contributed by atoms with Gasteiger partial charge in [0.05, 0.1) is 0 Å². The highest BCUT2D eigenvalue weighted by atomic mass is 16.5. The average Bonchev–Trinajstić information content (AvgIpc) is 2.22. The van der Waals surface area contributed by atoms with Crippen molar-refractivity contribution < 1.29 is 17.2 Å². The van der Waals surface area contributed by atoms with Crippen LogP contribution < -0.4 is 11.1 Å². The Bertz CT molecular complexity index is 216. The van der Waals surface area contributed by atoms with Crippen molar-refractivity contribution in [2.24, 2.45) is 5.73 Å². The molecule has 98 valence electrons. The van der Waals surface area contributed by atoms with Gasteiger partial charge in [-0.15, -0.1) is 0 Å². The summed E-state index contributed by atoms with van der Waals surface area (Å²) in [6.45, 7) is 4.13. The molecule has 0 heterocycles. The molecule has 0 saturated carbocycles. The number of rotatable bonds is 10. The zero-order chi connectivity index (χ0) is 12.2. The Labute approximate surface area is 99.7 Å². The molecule has 0 fully saturated rings. The summed E-state index contributed by atoms with van der Waals surface area (Å²) < 4.78 is 5.26. The molecule has 0 aliphatic rings. The molecular formula is C11H26N2O3. The minimum atomic E-state index is -0.360. The van der Waals surface area contributed by atoms with Crippen LogP contribution in [0.1, 0.15) is 41.9 Å². The predicted molar refractivity (Wildman–Crippen MR) is 66.0 cm³/mol. The van der Waals surface area contributed by atoms with Crippen LogP contribution in [-0.4, -0.2) is 31.6 Å². The van der Waals surface area contributed by atoms with Gasteiger partial charge in [-0.1, -0.05) is 6.92 Å². The van der Waals surface area contributed by atoms with E-state index in [1.54, 1.807) is 0 Å². The second-order valence-electron chi connectivity index (χ2n) is 3.64. The summed E-state index contributed by atoms with van der Waals surface area (Å²) in [6, 6.07) is 0. The van der Waals surface area contributed by atoms with Crippen LogP contribution in [0.15, 0.2) is 0 Å². The molecule has 2 amide bonds. The van der Waals surface area contributed by atoms with Crippen LogP contribution >= 0.6 is 0 Å². The molecule has 0 aromatic carbocycles. The maximum absolute atomic E-state index is 11.2. The van der Waals surface area contributed by atoms with E-state index in [1.165, 1.54) is 0 Å². The molecule has 0 rings (SSSR count). The summed E-state index contributed by atoms with van der Waals surface area (Å²) in [5.41, 5.74) is 4.96. The number of carbonyl (C=O) groups excluding carboxylic acids is 2. The van der Waals surface area contributed by atoms with Gasteiger partial charge in [-0.3, -0.25) is 9.59 Å². The Morgan fingerprint density at radius 2 is 2.00 bits per heavy atom.